The SMILES string of the molecule is CCc1nc2n(n1)C[C@H](NCc1nc3ccccc3o1)CC2. The molecule has 0 fully saturated rings. The molecule has 1 aliphatic rings. The van der Waals surface area contributed by atoms with Crippen molar-refractivity contribution in [1.82, 2.24) is 25.1 Å². The standard InChI is InChI=1S/C16H19N5O/c1-2-14-19-15-8-7-11(10-21(15)20-14)17-9-16-18-12-5-3-4-6-13(12)22-16/h3-6,11,17H,2,7-10H2,1H3/t11-/m1/s1. The molecule has 6 nitrogen and oxygen atoms in total. The van der Waals surface area contributed by atoms with E-state index < -0.39 is 0 Å². The number of nitrogens with zero attached hydrogens (tertiary/aromatic N) is 4. The van der Waals surface area contributed by atoms with Crippen LogP contribution in [0.2, 0.25) is 0 Å². The van der Waals surface area contributed by atoms with Crippen molar-refractivity contribution in [3.8, 4) is 0 Å². The summed E-state index contributed by atoms with van der Waals surface area (Å²) >= 11 is 0. The van der Waals surface area contributed by atoms with Gasteiger partial charge in [0.2, 0.25) is 5.89 Å². The number of aryl methyl sites for hydroxylation is 2. The van der Waals surface area contributed by atoms with Gasteiger partial charge in [0, 0.05) is 18.9 Å². The van der Waals surface area contributed by atoms with Crippen LogP contribution in [0.15, 0.2) is 28.7 Å². The summed E-state index contributed by atoms with van der Waals surface area (Å²) < 4.78 is 7.78. The normalized spacial score (nSPS) is 17.8. The van der Waals surface area contributed by atoms with Crippen molar-refractivity contribution >= 4 is 11.1 Å². The molecule has 1 aliphatic heterocycles. The Balaban J connectivity index is 1.42. The van der Waals surface area contributed by atoms with Gasteiger partial charge in [-0.1, -0.05) is 19.1 Å². The molecule has 1 aromatic carbocycles. The predicted molar refractivity (Wildman–Crippen MR) is 82.4 cm³/mol. The molecule has 0 saturated heterocycles. The molecule has 0 saturated carbocycles. The highest BCUT2D eigenvalue weighted by atomic mass is 16.3. The Kier molecular flexibility index (Phi) is 3.38. The van der Waals surface area contributed by atoms with Gasteiger partial charge in [0.15, 0.2) is 11.4 Å². The molecule has 22 heavy (non-hydrogen) atoms. The number of oxazole rings is 1. The van der Waals surface area contributed by atoms with Crippen LogP contribution >= 0.6 is 0 Å². The summed E-state index contributed by atoms with van der Waals surface area (Å²) in [5, 5.41) is 8.06. The number of benzene rings is 1. The summed E-state index contributed by atoms with van der Waals surface area (Å²) in [6, 6.07) is 8.23. The van der Waals surface area contributed by atoms with Crippen LogP contribution in [0.3, 0.4) is 0 Å². The summed E-state index contributed by atoms with van der Waals surface area (Å²) in [6.07, 6.45) is 2.93. The summed E-state index contributed by atoms with van der Waals surface area (Å²) in [5.74, 6) is 2.78. The first-order chi connectivity index (χ1) is 10.8. The quantitative estimate of drug-likeness (QED) is 0.798. The van der Waals surface area contributed by atoms with Crippen molar-refractivity contribution in [2.45, 2.75) is 45.3 Å². The number of hydrogen-bond acceptors (Lipinski definition) is 5. The van der Waals surface area contributed by atoms with Crippen molar-refractivity contribution in [2.24, 2.45) is 0 Å². The monoisotopic (exact) mass is 297 g/mol. The first kappa shape index (κ1) is 13.5. The van der Waals surface area contributed by atoms with Crippen molar-refractivity contribution in [3.05, 3.63) is 41.8 Å². The van der Waals surface area contributed by atoms with Crippen LogP contribution in [0, 0.1) is 0 Å². The van der Waals surface area contributed by atoms with Gasteiger partial charge in [0.25, 0.3) is 0 Å². The second-order valence-electron chi connectivity index (χ2n) is 5.67. The molecule has 6 heteroatoms. The highest BCUT2D eigenvalue weighted by Crippen LogP contribution is 2.16. The Hall–Kier alpha value is -2.21. The van der Waals surface area contributed by atoms with Crippen LogP contribution in [0.1, 0.15) is 30.9 Å². The fourth-order valence-corrected chi connectivity index (χ4v) is 2.90. The molecule has 3 heterocycles. The lowest BCUT2D eigenvalue weighted by atomic mass is 10.1. The zero-order valence-corrected chi connectivity index (χ0v) is 12.6. The number of hydrogen-bond donors (Lipinski definition) is 1. The maximum atomic E-state index is 5.74. The van der Waals surface area contributed by atoms with Gasteiger partial charge in [-0.05, 0) is 18.6 Å². The Morgan fingerprint density at radius 2 is 2.23 bits per heavy atom. The topological polar surface area (TPSA) is 68.8 Å². The second-order valence-corrected chi connectivity index (χ2v) is 5.67. The highest BCUT2D eigenvalue weighted by molar-refractivity contribution is 5.72. The molecule has 0 radical (unpaired) electrons. The largest absolute Gasteiger partial charge is 0.439 e. The number of fused-ring (bicyclic) bond motifs is 2. The van der Waals surface area contributed by atoms with Crippen molar-refractivity contribution in [1.29, 1.82) is 0 Å². The van der Waals surface area contributed by atoms with Crippen molar-refractivity contribution in [2.75, 3.05) is 0 Å². The van der Waals surface area contributed by atoms with Crippen LogP contribution in [0.25, 0.3) is 11.1 Å². The van der Waals surface area contributed by atoms with Gasteiger partial charge in [0.1, 0.15) is 11.3 Å². The van der Waals surface area contributed by atoms with E-state index in [9.17, 15) is 0 Å². The van der Waals surface area contributed by atoms with E-state index in [1.165, 1.54) is 0 Å². The van der Waals surface area contributed by atoms with Crippen LogP contribution in [-0.4, -0.2) is 25.8 Å². The van der Waals surface area contributed by atoms with Gasteiger partial charge in [-0.2, -0.15) is 5.10 Å². The highest BCUT2D eigenvalue weighted by Gasteiger charge is 2.21. The number of nitrogens with one attached hydrogen (secondary N) is 1. The van der Waals surface area contributed by atoms with Gasteiger partial charge in [-0.3, -0.25) is 0 Å². The number of rotatable bonds is 4. The third-order valence-electron chi connectivity index (χ3n) is 4.10. The first-order valence-electron chi connectivity index (χ1n) is 7.82. The van der Waals surface area contributed by atoms with Gasteiger partial charge >= 0.3 is 0 Å². The Labute approximate surface area is 128 Å². The molecule has 1 N–H and O–H groups in total. The predicted octanol–water partition coefficient (Wildman–Crippen LogP) is 2.09. The molecule has 114 valence electrons. The van der Waals surface area contributed by atoms with E-state index in [-0.39, 0.29) is 0 Å². The fraction of sp³-hybridized carbons (Fsp3) is 0.438. The summed E-state index contributed by atoms with van der Waals surface area (Å²) in [6.45, 7) is 3.59. The van der Waals surface area contributed by atoms with E-state index in [1.54, 1.807) is 0 Å². The van der Waals surface area contributed by atoms with E-state index in [1.807, 2.05) is 28.9 Å². The lowest BCUT2D eigenvalue weighted by molar-refractivity contribution is 0.343. The van der Waals surface area contributed by atoms with E-state index in [4.69, 9.17) is 4.42 Å². The zero-order valence-electron chi connectivity index (χ0n) is 12.6. The second kappa shape index (κ2) is 5.53. The van der Waals surface area contributed by atoms with Gasteiger partial charge in [-0.25, -0.2) is 14.6 Å². The minimum Gasteiger partial charge on any atom is -0.439 e. The Morgan fingerprint density at radius 3 is 3.09 bits per heavy atom. The van der Waals surface area contributed by atoms with Crippen molar-refractivity contribution < 1.29 is 4.42 Å². The first-order valence-corrected chi connectivity index (χ1v) is 7.82. The summed E-state index contributed by atoms with van der Waals surface area (Å²) in [4.78, 5) is 9.04. The minimum absolute atomic E-state index is 0.383. The van der Waals surface area contributed by atoms with E-state index in [2.05, 4.69) is 27.3 Å². The van der Waals surface area contributed by atoms with Gasteiger partial charge < -0.3 is 9.73 Å². The smallest absolute Gasteiger partial charge is 0.209 e. The number of aromatic nitrogens is 4. The van der Waals surface area contributed by atoms with Crippen LogP contribution < -0.4 is 5.32 Å². The molecule has 0 amide bonds. The molecule has 3 aromatic rings. The van der Waals surface area contributed by atoms with Crippen molar-refractivity contribution in [3.63, 3.8) is 0 Å². The molecular formula is C16H19N5O. The van der Waals surface area contributed by atoms with E-state index >= 15 is 0 Å². The molecule has 0 aliphatic carbocycles. The number of para-hydroxylation sites is 2. The maximum Gasteiger partial charge on any atom is 0.209 e. The summed E-state index contributed by atoms with van der Waals surface area (Å²) in [5.41, 5.74) is 1.75. The van der Waals surface area contributed by atoms with Gasteiger partial charge in [-0.15, -0.1) is 0 Å². The van der Waals surface area contributed by atoms with E-state index in [0.717, 1.165) is 54.4 Å². The lowest BCUT2D eigenvalue weighted by Crippen LogP contribution is -2.37. The molecule has 0 bridgehead atoms. The average Bonchev–Trinajstić information content (AvgIpc) is 3.15. The van der Waals surface area contributed by atoms with Crippen LogP contribution in [0.5, 0.6) is 0 Å². The molecule has 0 unspecified atom stereocenters. The Morgan fingerprint density at radius 1 is 1.32 bits per heavy atom. The third kappa shape index (κ3) is 2.50. The maximum absolute atomic E-state index is 5.74. The molecule has 4 rings (SSSR count). The molecular weight excluding hydrogens is 278 g/mol. The van der Waals surface area contributed by atoms with Crippen LogP contribution in [-0.2, 0) is 25.9 Å². The zero-order chi connectivity index (χ0) is 14.9. The molecule has 1 atom stereocenters. The molecule has 2 aromatic heterocycles. The minimum atomic E-state index is 0.383. The van der Waals surface area contributed by atoms with E-state index in [0.29, 0.717) is 12.6 Å². The van der Waals surface area contributed by atoms with Gasteiger partial charge in [0.05, 0.1) is 13.1 Å². The average molecular weight is 297 g/mol. The van der Waals surface area contributed by atoms with Crippen LogP contribution in [0.4, 0.5) is 0 Å². The third-order valence-corrected chi connectivity index (χ3v) is 4.10. The summed E-state index contributed by atoms with van der Waals surface area (Å²) in [7, 11) is 0. The Bertz CT molecular complexity index is 758. The lowest BCUT2D eigenvalue weighted by Gasteiger charge is -2.22. The molecule has 0 spiro atoms. The fourth-order valence-electron chi connectivity index (χ4n) is 2.90.